The second kappa shape index (κ2) is 8.11. The Morgan fingerprint density at radius 3 is 2.46 bits per heavy atom. The molecule has 2 aromatic rings. The number of piperidine rings is 1. The molecule has 0 bridgehead atoms. The molecule has 1 heterocycles. The summed E-state index contributed by atoms with van der Waals surface area (Å²) in [4.78, 5) is 26.9. The van der Waals surface area contributed by atoms with E-state index in [1.54, 1.807) is 41.3 Å². The van der Waals surface area contributed by atoms with E-state index in [-0.39, 0.29) is 17.7 Å². The van der Waals surface area contributed by atoms with Gasteiger partial charge in [-0.2, -0.15) is 0 Å². The highest BCUT2D eigenvalue weighted by atomic mass is 35.5. The molecule has 26 heavy (non-hydrogen) atoms. The maximum absolute atomic E-state index is 12.6. The molecule has 3 rings (SSSR count). The molecule has 1 saturated heterocycles. The second-order valence-corrected chi connectivity index (χ2v) is 7.34. The van der Waals surface area contributed by atoms with Crippen LogP contribution in [-0.2, 0) is 4.79 Å². The van der Waals surface area contributed by atoms with Gasteiger partial charge in [-0.25, -0.2) is 0 Å². The van der Waals surface area contributed by atoms with E-state index in [1.165, 1.54) is 0 Å². The number of carbonyl (C=O) groups excluding carboxylic acids is 2. The zero-order valence-corrected chi connectivity index (χ0v) is 16.0. The third kappa shape index (κ3) is 4.19. The van der Waals surface area contributed by atoms with Crippen LogP contribution in [0.25, 0.3) is 0 Å². The summed E-state index contributed by atoms with van der Waals surface area (Å²) in [6, 6.07) is 12.5. The van der Waals surface area contributed by atoms with E-state index in [1.807, 2.05) is 13.0 Å². The fourth-order valence-electron chi connectivity index (χ4n) is 3.11. The van der Waals surface area contributed by atoms with Gasteiger partial charge in [0.2, 0.25) is 5.91 Å². The largest absolute Gasteiger partial charge is 0.339 e. The summed E-state index contributed by atoms with van der Waals surface area (Å²) in [5.74, 6) is -0.232. The van der Waals surface area contributed by atoms with Gasteiger partial charge in [-0.15, -0.1) is 0 Å². The van der Waals surface area contributed by atoms with Crippen molar-refractivity contribution in [3.8, 4) is 0 Å². The molecule has 0 saturated carbocycles. The van der Waals surface area contributed by atoms with Gasteiger partial charge in [0.1, 0.15) is 0 Å². The van der Waals surface area contributed by atoms with Crippen molar-refractivity contribution in [3.63, 3.8) is 0 Å². The third-order valence-electron chi connectivity index (χ3n) is 4.71. The van der Waals surface area contributed by atoms with E-state index in [0.29, 0.717) is 41.5 Å². The molecule has 1 aliphatic heterocycles. The van der Waals surface area contributed by atoms with E-state index in [2.05, 4.69) is 5.32 Å². The van der Waals surface area contributed by atoms with Crippen molar-refractivity contribution in [1.82, 2.24) is 4.90 Å². The molecular weight excluding hydrogens is 371 g/mol. The number of nitrogens with zero attached hydrogens (tertiary/aromatic N) is 1. The number of likely N-dealkylation sites (tertiary alicyclic amines) is 1. The maximum Gasteiger partial charge on any atom is 0.255 e. The van der Waals surface area contributed by atoms with Crippen LogP contribution >= 0.6 is 23.2 Å². The molecule has 1 aliphatic rings. The Bertz CT molecular complexity index is 830. The van der Waals surface area contributed by atoms with Crippen LogP contribution in [0.1, 0.15) is 28.8 Å². The standard InChI is InChI=1S/C20H20Cl2N2O2/c1-13-6-7-15(21)12-18(13)23-19(25)14-8-10-24(11-9-14)20(26)16-4-2-3-5-17(16)22/h2-7,12,14H,8-11H2,1H3,(H,23,25). The molecule has 1 N–H and O–H groups in total. The van der Waals surface area contributed by atoms with Crippen LogP contribution in [0.3, 0.4) is 0 Å². The molecule has 0 spiro atoms. The number of hydrogen-bond donors (Lipinski definition) is 1. The van der Waals surface area contributed by atoms with Crippen LogP contribution in [0, 0.1) is 12.8 Å². The monoisotopic (exact) mass is 390 g/mol. The molecule has 0 radical (unpaired) electrons. The third-order valence-corrected chi connectivity index (χ3v) is 5.28. The quantitative estimate of drug-likeness (QED) is 0.818. The first-order chi connectivity index (χ1) is 12.5. The summed E-state index contributed by atoms with van der Waals surface area (Å²) >= 11 is 12.1. The number of anilines is 1. The van der Waals surface area contributed by atoms with Crippen LogP contribution in [0.2, 0.25) is 10.0 Å². The van der Waals surface area contributed by atoms with E-state index < -0.39 is 0 Å². The Morgan fingerprint density at radius 2 is 1.77 bits per heavy atom. The topological polar surface area (TPSA) is 49.4 Å². The highest BCUT2D eigenvalue weighted by Crippen LogP contribution is 2.25. The predicted molar refractivity (Wildman–Crippen MR) is 105 cm³/mol. The van der Waals surface area contributed by atoms with Gasteiger partial charge in [0.25, 0.3) is 5.91 Å². The average Bonchev–Trinajstić information content (AvgIpc) is 2.64. The van der Waals surface area contributed by atoms with E-state index in [4.69, 9.17) is 23.2 Å². The Balaban J connectivity index is 1.60. The number of carbonyl (C=O) groups is 2. The number of halogens is 2. The van der Waals surface area contributed by atoms with Crippen molar-refractivity contribution >= 4 is 40.7 Å². The molecule has 136 valence electrons. The molecule has 1 fully saturated rings. The molecule has 0 aromatic heterocycles. The first-order valence-corrected chi connectivity index (χ1v) is 9.32. The summed E-state index contributed by atoms with van der Waals surface area (Å²) in [6.07, 6.45) is 1.25. The lowest BCUT2D eigenvalue weighted by Crippen LogP contribution is -2.41. The average molecular weight is 391 g/mol. The van der Waals surface area contributed by atoms with E-state index in [9.17, 15) is 9.59 Å². The van der Waals surface area contributed by atoms with E-state index >= 15 is 0 Å². The van der Waals surface area contributed by atoms with Crippen molar-refractivity contribution in [2.45, 2.75) is 19.8 Å². The highest BCUT2D eigenvalue weighted by molar-refractivity contribution is 6.33. The maximum atomic E-state index is 12.6. The summed E-state index contributed by atoms with van der Waals surface area (Å²) in [5, 5.41) is 4.00. The zero-order chi connectivity index (χ0) is 18.7. The van der Waals surface area contributed by atoms with Gasteiger partial charge >= 0.3 is 0 Å². The minimum absolute atomic E-state index is 0.0276. The molecule has 2 amide bonds. The molecule has 4 nitrogen and oxygen atoms in total. The SMILES string of the molecule is Cc1ccc(Cl)cc1NC(=O)C1CCN(C(=O)c2ccccc2Cl)CC1. The van der Waals surface area contributed by atoms with Crippen molar-refractivity contribution < 1.29 is 9.59 Å². The molecule has 6 heteroatoms. The van der Waals surface area contributed by atoms with Crippen LogP contribution in [-0.4, -0.2) is 29.8 Å². The number of amides is 2. The summed E-state index contributed by atoms with van der Waals surface area (Å²) in [7, 11) is 0. The number of nitrogens with one attached hydrogen (secondary N) is 1. The number of rotatable bonds is 3. The van der Waals surface area contributed by atoms with Gasteiger partial charge in [-0.3, -0.25) is 9.59 Å². The van der Waals surface area contributed by atoms with Crippen LogP contribution in [0.4, 0.5) is 5.69 Å². The van der Waals surface area contributed by atoms with Gasteiger partial charge in [0.15, 0.2) is 0 Å². The van der Waals surface area contributed by atoms with Crippen LogP contribution < -0.4 is 5.32 Å². The Hall–Kier alpha value is -2.04. The number of benzene rings is 2. The summed E-state index contributed by atoms with van der Waals surface area (Å²) < 4.78 is 0. The van der Waals surface area contributed by atoms with Crippen molar-refractivity contribution in [2.24, 2.45) is 5.92 Å². The van der Waals surface area contributed by atoms with Gasteiger partial charge in [0.05, 0.1) is 10.6 Å². The Morgan fingerprint density at radius 1 is 1.08 bits per heavy atom. The Labute approximate surface area is 163 Å². The first kappa shape index (κ1) is 18.7. The lowest BCUT2D eigenvalue weighted by atomic mass is 9.95. The fourth-order valence-corrected chi connectivity index (χ4v) is 3.50. The summed E-state index contributed by atoms with van der Waals surface area (Å²) in [5.41, 5.74) is 2.21. The van der Waals surface area contributed by atoms with Crippen molar-refractivity contribution in [1.29, 1.82) is 0 Å². The molecule has 0 aliphatic carbocycles. The lowest BCUT2D eigenvalue weighted by molar-refractivity contribution is -0.121. The fraction of sp³-hybridized carbons (Fsp3) is 0.300. The highest BCUT2D eigenvalue weighted by Gasteiger charge is 2.28. The smallest absolute Gasteiger partial charge is 0.255 e. The number of aryl methyl sites for hydroxylation is 1. The van der Waals surface area contributed by atoms with Crippen molar-refractivity contribution in [3.05, 3.63) is 63.6 Å². The van der Waals surface area contributed by atoms with Gasteiger partial charge in [0, 0.05) is 29.7 Å². The second-order valence-electron chi connectivity index (χ2n) is 6.49. The minimum atomic E-state index is -0.122. The van der Waals surface area contributed by atoms with Crippen LogP contribution in [0.5, 0.6) is 0 Å². The van der Waals surface area contributed by atoms with Gasteiger partial charge < -0.3 is 10.2 Å². The van der Waals surface area contributed by atoms with Gasteiger partial charge in [-0.05, 0) is 49.6 Å². The molecule has 0 unspecified atom stereocenters. The predicted octanol–water partition coefficient (Wildman–Crippen LogP) is 4.79. The van der Waals surface area contributed by atoms with Crippen LogP contribution in [0.15, 0.2) is 42.5 Å². The molecule has 0 atom stereocenters. The Kier molecular flexibility index (Phi) is 5.84. The molecule has 2 aromatic carbocycles. The number of hydrogen-bond acceptors (Lipinski definition) is 2. The zero-order valence-electron chi connectivity index (χ0n) is 14.5. The normalized spacial score (nSPS) is 15.0. The van der Waals surface area contributed by atoms with Gasteiger partial charge in [-0.1, -0.05) is 41.4 Å². The minimum Gasteiger partial charge on any atom is -0.339 e. The van der Waals surface area contributed by atoms with Crippen molar-refractivity contribution in [2.75, 3.05) is 18.4 Å². The first-order valence-electron chi connectivity index (χ1n) is 8.56. The molecular formula is C20H20Cl2N2O2. The van der Waals surface area contributed by atoms with E-state index in [0.717, 1.165) is 11.3 Å². The lowest BCUT2D eigenvalue weighted by Gasteiger charge is -2.31. The summed E-state index contributed by atoms with van der Waals surface area (Å²) in [6.45, 7) is 3.00.